The molecule has 0 heterocycles. The maximum absolute atomic E-state index is 13.2. The zero-order valence-electron chi connectivity index (χ0n) is 9.82. The normalized spacial score (nSPS) is 16.0. The van der Waals surface area contributed by atoms with E-state index in [-0.39, 0.29) is 5.56 Å². The molecule has 0 saturated heterocycles. The number of primary amides is 1. The fraction of sp³-hybridized carbons (Fsp3) is 0.385. The van der Waals surface area contributed by atoms with Crippen molar-refractivity contribution in [3.8, 4) is 6.07 Å². The summed E-state index contributed by atoms with van der Waals surface area (Å²) in [6.07, 6.45) is 2.32. The molecule has 1 fully saturated rings. The summed E-state index contributed by atoms with van der Waals surface area (Å²) >= 11 is 0. The third-order valence-corrected chi connectivity index (χ3v) is 3.04. The van der Waals surface area contributed by atoms with Crippen molar-refractivity contribution in [1.82, 2.24) is 5.32 Å². The molecule has 18 heavy (non-hydrogen) atoms. The maximum Gasteiger partial charge on any atom is 0.239 e. The Morgan fingerprint density at radius 1 is 1.61 bits per heavy atom. The number of nitrogens with two attached hydrogens (primary N) is 1. The molecule has 4 nitrogen and oxygen atoms in total. The summed E-state index contributed by atoms with van der Waals surface area (Å²) < 4.78 is 13.2. The number of hydrogen-bond donors (Lipinski definition) is 2. The molecule has 3 N–H and O–H groups in total. The lowest BCUT2D eigenvalue weighted by atomic mass is 10.0. The van der Waals surface area contributed by atoms with E-state index >= 15 is 0 Å². The molecule has 1 unspecified atom stereocenters. The molecular weight excluding hydrogens is 233 g/mol. The van der Waals surface area contributed by atoms with Gasteiger partial charge in [-0.1, -0.05) is 6.07 Å². The quantitative estimate of drug-likeness (QED) is 0.821. The largest absolute Gasteiger partial charge is 0.368 e. The summed E-state index contributed by atoms with van der Waals surface area (Å²) in [5.41, 5.74) is 5.78. The van der Waals surface area contributed by atoms with Crippen LogP contribution in [0.3, 0.4) is 0 Å². The van der Waals surface area contributed by atoms with E-state index in [1.807, 2.05) is 0 Å². The van der Waals surface area contributed by atoms with E-state index < -0.39 is 17.8 Å². The number of nitriles is 1. The number of hydrogen-bond acceptors (Lipinski definition) is 3. The van der Waals surface area contributed by atoms with Gasteiger partial charge in [-0.2, -0.15) is 5.26 Å². The summed E-state index contributed by atoms with van der Waals surface area (Å²) in [4.78, 5) is 11.4. The van der Waals surface area contributed by atoms with Crippen molar-refractivity contribution in [2.75, 3.05) is 6.54 Å². The van der Waals surface area contributed by atoms with Crippen molar-refractivity contribution in [2.24, 2.45) is 11.7 Å². The molecule has 2 rings (SSSR count). The van der Waals surface area contributed by atoms with Gasteiger partial charge in [0.15, 0.2) is 0 Å². The monoisotopic (exact) mass is 247 g/mol. The van der Waals surface area contributed by atoms with Crippen LogP contribution in [0, 0.1) is 23.1 Å². The lowest BCUT2D eigenvalue weighted by Crippen LogP contribution is -2.34. The summed E-state index contributed by atoms with van der Waals surface area (Å²) in [5.74, 6) is -0.513. The zero-order chi connectivity index (χ0) is 13.1. The van der Waals surface area contributed by atoms with Crippen molar-refractivity contribution in [3.63, 3.8) is 0 Å². The van der Waals surface area contributed by atoms with Crippen LogP contribution in [-0.2, 0) is 4.79 Å². The minimum atomic E-state index is -0.668. The first-order valence-corrected chi connectivity index (χ1v) is 5.84. The SMILES string of the molecule is N#Cc1cc(C(NCC2CC2)C(N)=O)ccc1F. The second-order valence-corrected chi connectivity index (χ2v) is 4.54. The van der Waals surface area contributed by atoms with Crippen LogP contribution in [0.5, 0.6) is 0 Å². The van der Waals surface area contributed by atoms with Crippen LogP contribution in [0.1, 0.15) is 30.0 Å². The molecular formula is C13H14FN3O. The number of nitrogens with zero attached hydrogens (tertiary/aromatic N) is 1. The predicted octanol–water partition coefficient (Wildman–Crippen LogP) is 1.22. The van der Waals surface area contributed by atoms with Gasteiger partial charge in [0.05, 0.1) is 5.56 Å². The van der Waals surface area contributed by atoms with Crippen LogP contribution in [0.2, 0.25) is 0 Å². The molecule has 0 bridgehead atoms. The van der Waals surface area contributed by atoms with E-state index in [0.29, 0.717) is 18.0 Å². The Morgan fingerprint density at radius 2 is 2.33 bits per heavy atom. The highest BCUT2D eigenvalue weighted by atomic mass is 19.1. The van der Waals surface area contributed by atoms with E-state index in [4.69, 9.17) is 11.0 Å². The Hall–Kier alpha value is -1.93. The first-order valence-electron chi connectivity index (χ1n) is 5.84. The summed E-state index contributed by atoms with van der Waals surface area (Å²) in [6.45, 7) is 0.715. The smallest absolute Gasteiger partial charge is 0.239 e. The molecule has 0 aromatic heterocycles. The molecule has 0 aliphatic heterocycles. The summed E-state index contributed by atoms with van der Waals surface area (Å²) in [7, 11) is 0. The van der Waals surface area contributed by atoms with E-state index in [0.717, 1.165) is 12.8 Å². The predicted molar refractivity (Wildman–Crippen MR) is 63.8 cm³/mol. The van der Waals surface area contributed by atoms with Crippen LogP contribution >= 0.6 is 0 Å². The van der Waals surface area contributed by atoms with Gasteiger partial charge >= 0.3 is 0 Å². The Bertz CT molecular complexity index is 505. The number of rotatable bonds is 5. The molecule has 0 radical (unpaired) electrons. The Balaban J connectivity index is 2.18. The number of carbonyl (C=O) groups excluding carboxylic acids is 1. The van der Waals surface area contributed by atoms with Gasteiger partial charge in [-0.15, -0.1) is 0 Å². The van der Waals surface area contributed by atoms with Crippen molar-refractivity contribution in [1.29, 1.82) is 5.26 Å². The maximum atomic E-state index is 13.2. The number of benzene rings is 1. The van der Waals surface area contributed by atoms with Crippen LogP contribution < -0.4 is 11.1 Å². The fourth-order valence-electron chi connectivity index (χ4n) is 1.80. The molecule has 0 spiro atoms. The topological polar surface area (TPSA) is 78.9 Å². The average Bonchev–Trinajstić information content (AvgIpc) is 3.15. The number of nitrogens with one attached hydrogen (secondary N) is 1. The van der Waals surface area contributed by atoms with E-state index in [2.05, 4.69) is 5.32 Å². The molecule has 94 valence electrons. The zero-order valence-corrected chi connectivity index (χ0v) is 9.82. The lowest BCUT2D eigenvalue weighted by molar-refractivity contribution is -0.120. The fourth-order valence-corrected chi connectivity index (χ4v) is 1.80. The van der Waals surface area contributed by atoms with Crippen LogP contribution in [0.4, 0.5) is 4.39 Å². The van der Waals surface area contributed by atoms with Crippen molar-refractivity contribution >= 4 is 5.91 Å². The van der Waals surface area contributed by atoms with Crippen molar-refractivity contribution in [2.45, 2.75) is 18.9 Å². The minimum Gasteiger partial charge on any atom is -0.368 e. The molecule has 1 atom stereocenters. The first kappa shape index (κ1) is 12.5. The summed E-state index contributed by atoms with van der Waals surface area (Å²) in [6, 6.07) is 5.11. The third-order valence-electron chi connectivity index (χ3n) is 3.04. The highest BCUT2D eigenvalue weighted by molar-refractivity contribution is 5.81. The van der Waals surface area contributed by atoms with Crippen molar-refractivity contribution < 1.29 is 9.18 Å². The minimum absolute atomic E-state index is 0.0769. The number of carbonyl (C=O) groups is 1. The second kappa shape index (κ2) is 5.15. The molecule has 1 aromatic rings. The molecule has 1 amide bonds. The third kappa shape index (κ3) is 2.84. The standard InChI is InChI=1S/C13H14FN3O/c14-11-4-3-9(5-10(11)6-15)12(13(16)18)17-7-8-1-2-8/h3-5,8,12,17H,1-2,7H2,(H2,16,18). The lowest BCUT2D eigenvalue weighted by Gasteiger charge is -2.16. The molecule has 1 aliphatic rings. The van der Waals surface area contributed by atoms with Gasteiger partial charge in [0.25, 0.3) is 0 Å². The van der Waals surface area contributed by atoms with E-state index in [1.165, 1.54) is 18.2 Å². The average molecular weight is 247 g/mol. The van der Waals surface area contributed by atoms with Gasteiger partial charge in [-0.3, -0.25) is 4.79 Å². The Kier molecular flexibility index (Phi) is 3.58. The van der Waals surface area contributed by atoms with Gasteiger partial charge in [-0.05, 0) is 43.0 Å². The highest BCUT2D eigenvalue weighted by Gasteiger charge is 2.25. The van der Waals surface area contributed by atoms with Crippen LogP contribution in [0.25, 0.3) is 0 Å². The molecule has 1 aromatic carbocycles. The van der Waals surface area contributed by atoms with E-state index in [9.17, 15) is 9.18 Å². The molecule has 1 aliphatic carbocycles. The Morgan fingerprint density at radius 3 is 2.89 bits per heavy atom. The van der Waals surface area contributed by atoms with Crippen molar-refractivity contribution in [3.05, 3.63) is 35.1 Å². The van der Waals surface area contributed by atoms with Gasteiger partial charge in [0, 0.05) is 0 Å². The molecule has 1 saturated carbocycles. The number of halogens is 1. The van der Waals surface area contributed by atoms with Gasteiger partial charge in [0.1, 0.15) is 17.9 Å². The van der Waals surface area contributed by atoms with Gasteiger partial charge < -0.3 is 11.1 Å². The first-order chi connectivity index (χ1) is 8.61. The number of amides is 1. The highest BCUT2D eigenvalue weighted by Crippen LogP contribution is 2.28. The van der Waals surface area contributed by atoms with Crippen LogP contribution in [0.15, 0.2) is 18.2 Å². The Labute approximate surface area is 105 Å². The van der Waals surface area contributed by atoms with Crippen LogP contribution in [-0.4, -0.2) is 12.5 Å². The summed E-state index contributed by atoms with van der Waals surface area (Å²) in [5, 5.41) is 11.8. The van der Waals surface area contributed by atoms with Gasteiger partial charge in [0.2, 0.25) is 5.91 Å². The second-order valence-electron chi connectivity index (χ2n) is 4.54. The molecule has 5 heteroatoms. The van der Waals surface area contributed by atoms with E-state index in [1.54, 1.807) is 6.07 Å². The van der Waals surface area contributed by atoms with Gasteiger partial charge in [-0.25, -0.2) is 4.39 Å².